The average Bonchev–Trinajstić information content (AvgIpc) is 2.78. The highest BCUT2D eigenvalue weighted by Crippen LogP contribution is 2.31. The van der Waals surface area contributed by atoms with E-state index < -0.39 is 0 Å². The molecule has 0 atom stereocenters. The molecule has 17 heavy (non-hydrogen) atoms. The summed E-state index contributed by atoms with van der Waals surface area (Å²) in [6.45, 7) is 2.01. The van der Waals surface area contributed by atoms with Crippen LogP contribution in [0.15, 0.2) is 30.5 Å². The van der Waals surface area contributed by atoms with Gasteiger partial charge < -0.3 is 16.6 Å². The molecule has 0 bridgehead atoms. The molecule has 0 unspecified atom stereocenters. The molecular weight excluding hydrogens is 214 g/mol. The molecule has 2 heterocycles. The van der Waals surface area contributed by atoms with Crippen molar-refractivity contribution in [1.29, 1.82) is 0 Å². The zero-order valence-electron chi connectivity index (χ0n) is 9.44. The van der Waals surface area contributed by atoms with Crippen LogP contribution >= 0.6 is 0 Å². The lowest BCUT2D eigenvalue weighted by Gasteiger charge is -1.95. The minimum absolute atomic E-state index is 0.310. The van der Waals surface area contributed by atoms with E-state index in [1.165, 1.54) is 4.68 Å². The van der Waals surface area contributed by atoms with E-state index in [0.29, 0.717) is 5.95 Å². The van der Waals surface area contributed by atoms with Crippen LogP contribution in [0.25, 0.3) is 22.2 Å². The van der Waals surface area contributed by atoms with Crippen LogP contribution in [-0.4, -0.2) is 14.6 Å². The molecule has 1 aromatic carbocycles. The van der Waals surface area contributed by atoms with Gasteiger partial charge in [0.2, 0.25) is 5.95 Å². The third-order valence-corrected chi connectivity index (χ3v) is 2.91. The second kappa shape index (κ2) is 3.28. The second-order valence-corrected chi connectivity index (χ2v) is 4.06. The lowest BCUT2D eigenvalue weighted by molar-refractivity contribution is 1.02. The number of hydrogen-bond donors (Lipinski definition) is 3. The Hall–Kier alpha value is -2.43. The number of benzene rings is 1. The van der Waals surface area contributed by atoms with Gasteiger partial charge in [-0.25, -0.2) is 9.66 Å². The van der Waals surface area contributed by atoms with Gasteiger partial charge in [0.15, 0.2) is 0 Å². The van der Waals surface area contributed by atoms with Crippen molar-refractivity contribution in [1.82, 2.24) is 14.6 Å². The van der Waals surface area contributed by atoms with E-state index in [9.17, 15) is 0 Å². The van der Waals surface area contributed by atoms with E-state index in [1.54, 1.807) is 6.20 Å². The average molecular weight is 227 g/mol. The van der Waals surface area contributed by atoms with E-state index in [1.807, 2.05) is 25.1 Å². The number of anilines is 1. The van der Waals surface area contributed by atoms with E-state index in [0.717, 1.165) is 27.9 Å². The van der Waals surface area contributed by atoms with Crippen LogP contribution in [0.3, 0.4) is 0 Å². The van der Waals surface area contributed by atoms with Crippen molar-refractivity contribution in [3.8, 4) is 11.3 Å². The standard InChI is InChI=1S/C12H13N5/c1-7-11(10-6-17(14)12(13)16-10)8-4-2-3-5-9(8)15-7/h2-6,15H,14H2,1H3,(H2,13,16). The third kappa shape index (κ3) is 1.36. The maximum Gasteiger partial charge on any atom is 0.219 e. The number of aromatic nitrogens is 3. The molecule has 3 aromatic rings. The van der Waals surface area contributed by atoms with Crippen LogP contribution in [-0.2, 0) is 0 Å². The molecule has 0 saturated carbocycles. The summed E-state index contributed by atoms with van der Waals surface area (Å²) < 4.78 is 1.33. The quantitative estimate of drug-likeness (QED) is 0.552. The molecule has 0 amide bonds. The third-order valence-electron chi connectivity index (χ3n) is 2.91. The van der Waals surface area contributed by atoms with E-state index in [-0.39, 0.29) is 0 Å². The van der Waals surface area contributed by atoms with Crippen molar-refractivity contribution < 1.29 is 0 Å². The predicted molar refractivity (Wildman–Crippen MR) is 68.8 cm³/mol. The Morgan fingerprint density at radius 2 is 2.06 bits per heavy atom. The van der Waals surface area contributed by atoms with Gasteiger partial charge in [-0.1, -0.05) is 18.2 Å². The molecule has 0 fully saturated rings. The van der Waals surface area contributed by atoms with Gasteiger partial charge in [0.25, 0.3) is 0 Å². The largest absolute Gasteiger partial charge is 0.368 e. The minimum atomic E-state index is 0.310. The maximum absolute atomic E-state index is 5.66. The van der Waals surface area contributed by atoms with Gasteiger partial charge >= 0.3 is 0 Å². The van der Waals surface area contributed by atoms with Gasteiger partial charge in [-0.15, -0.1) is 0 Å². The molecule has 3 rings (SSSR count). The molecule has 0 spiro atoms. The minimum Gasteiger partial charge on any atom is -0.368 e. The Labute approximate surface area is 98.0 Å². The molecular formula is C12H13N5. The SMILES string of the molecule is Cc1[nH]c2ccccc2c1-c1cn(N)c(N)n1. The number of imidazole rings is 1. The first-order chi connectivity index (χ1) is 8.16. The van der Waals surface area contributed by atoms with Crippen molar-refractivity contribution in [3.05, 3.63) is 36.2 Å². The Morgan fingerprint density at radius 1 is 1.29 bits per heavy atom. The first-order valence-corrected chi connectivity index (χ1v) is 5.34. The van der Waals surface area contributed by atoms with Crippen molar-refractivity contribution in [2.75, 3.05) is 11.6 Å². The van der Waals surface area contributed by atoms with E-state index >= 15 is 0 Å². The van der Waals surface area contributed by atoms with Crippen LogP contribution in [0, 0.1) is 6.92 Å². The highest BCUT2D eigenvalue weighted by molar-refractivity contribution is 5.96. The number of aryl methyl sites for hydroxylation is 1. The molecule has 5 nitrogen and oxygen atoms in total. The second-order valence-electron chi connectivity index (χ2n) is 4.06. The normalized spacial score (nSPS) is 11.1. The summed E-state index contributed by atoms with van der Waals surface area (Å²) in [5.41, 5.74) is 9.65. The smallest absolute Gasteiger partial charge is 0.219 e. The number of nitrogens with one attached hydrogen (secondary N) is 1. The number of rotatable bonds is 1. The van der Waals surface area contributed by atoms with Crippen molar-refractivity contribution in [3.63, 3.8) is 0 Å². The summed E-state index contributed by atoms with van der Waals surface area (Å²) in [5.74, 6) is 5.97. The topological polar surface area (TPSA) is 85.6 Å². The monoisotopic (exact) mass is 227 g/mol. The number of aromatic amines is 1. The summed E-state index contributed by atoms with van der Waals surface area (Å²) in [6, 6.07) is 8.09. The first-order valence-electron chi connectivity index (χ1n) is 5.34. The highest BCUT2D eigenvalue weighted by Gasteiger charge is 2.13. The molecule has 0 aliphatic heterocycles. The van der Waals surface area contributed by atoms with Crippen LogP contribution < -0.4 is 11.6 Å². The Morgan fingerprint density at radius 3 is 2.76 bits per heavy atom. The number of hydrogen-bond acceptors (Lipinski definition) is 3. The van der Waals surface area contributed by atoms with Gasteiger partial charge in [-0.05, 0) is 13.0 Å². The van der Waals surface area contributed by atoms with Gasteiger partial charge in [-0.3, -0.25) is 0 Å². The summed E-state index contributed by atoms with van der Waals surface area (Å²) in [7, 11) is 0. The summed E-state index contributed by atoms with van der Waals surface area (Å²) in [4.78, 5) is 7.58. The molecule has 0 aliphatic carbocycles. The van der Waals surface area contributed by atoms with Crippen LogP contribution in [0.1, 0.15) is 5.69 Å². The Kier molecular flexibility index (Phi) is 1.89. The molecule has 0 radical (unpaired) electrons. The molecule has 0 aliphatic rings. The zero-order chi connectivity index (χ0) is 12.0. The van der Waals surface area contributed by atoms with Gasteiger partial charge in [0.1, 0.15) is 0 Å². The highest BCUT2D eigenvalue weighted by atomic mass is 15.3. The van der Waals surface area contributed by atoms with Crippen molar-refractivity contribution in [2.45, 2.75) is 6.92 Å². The molecule has 86 valence electrons. The molecule has 5 heteroatoms. The van der Waals surface area contributed by atoms with Crippen LogP contribution in [0.2, 0.25) is 0 Å². The number of fused-ring (bicyclic) bond motifs is 1. The van der Waals surface area contributed by atoms with Crippen molar-refractivity contribution in [2.24, 2.45) is 0 Å². The number of nitrogen functional groups attached to an aromatic ring is 2. The van der Waals surface area contributed by atoms with E-state index in [2.05, 4.69) is 16.0 Å². The lowest BCUT2D eigenvalue weighted by atomic mass is 10.1. The van der Waals surface area contributed by atoms with Crippen LogP contribution in [0.4, 0.5) is 5.95 Å². The molecule has 5 N–H and O–H groups in total. The molecule has 0 saturated heterocycles. The fourth-order valence-corrected chi connectivity index (χ4v) is 2.14. The summed E-state index contributed by atoms with van der Waals surface area (Å²) in [5, 5.41) is 1.13. The predicted octanol–water partition coefficient (Wildman–Crippen LogP) is 1.64. The number of nitrogens with two attached hydrogens (primary N) is 2. The van der Waals surface area contributed by atoms with Gasteiger partial charge in [0, 0.05) is 22.2 Å². The van der Waals surface area contributed by atoms with Gasteiger partial charge in [0.05, 0.1) is 11.9 Å². The summed E-state index contributed by atoms with van der Waals surface area (Å²) >= 11 is 0. The maximum atomic E-state index is 5.66. The zero-order valence-corrected chi connectivity index (χ0v) is 9.44. The summed E-state index contributed by atoms with van der Waals surface area (Å²) in [6.07, 6.45) is 1.73. The fourth-order valence-electron chi connectivity index (χ4n) is 2.14. The molecule has 2 aromatic heterocycles. The number of H-pyrrole nitrogens is 1. The Balaban J connectivity index is 2.33. The van der Waals surface area contributed by atoms with Crippen molar-refractivity contribution >= 4 is 16.9 Å². The van der Waals surface area contributed by atoms with E-state index in [4.69, 9.17) is 11.6 Å². The number of para-hydroxylation sites is 1. The Bertz CT molecular complexity index is 673. The lowest BCUT2D eigenvalue weighted by Crippen LogP contribution is -2.09. The number of nitrogens with zero attached hydrogens (tertiary/aromatic N) is 2. The fraction of sp³-hybridized carbons (Fsp3) is 0.0833. The first kappa shape index (κ1) is 9.77. The van der Waals surface area contributed by atoms with Gasteiger partial charge in [-0.2, -0.15) is 0 Å². The van der Waals surface area contributed by atoms with Crippen LogP contribution in [0.5, 0.6) is 0 Å².